The molecule has 0 fully saturated rings. The Morgan fingerprint density at radius 2 is 2.27 bits per heavy atom. The molecule has 0 atom stereocenters. The summed E-state index contributed by atoms with van der Waals surface area (Å²) in [6.07, 6.45) is -2.87. The molecule has 0 aliphatic rings. The van der Waals surface area contributed by atoms with E-state index in [1.807, 2.05) is 0 Å². The molecule has 0 amide bonds. The minimum absolute atomic E-state index is 0.182. The second kappa shape index (κ2) is 4.69. The summed E-state index contributed by atoms with van der Waals surface area (Å²) in [6, 6.07) is 1.01. The predicted molar refractivity (Wildman–Crippen MR) is 54.9 cm³/mol. The van der Waals surface area contributed by atoms with Crippen molar-refractivity contribution in [1.29, 1.82) is 0 Å². The highest BCUT2D eigenvalue weighted by atomic mass is 127. The van der Waals surface area contributed by atoms with Crippen LogP contribution in [0, 0.1) is 3.70 Å². The predicted octanol–water partition coefficient (Wildman–Crippen LogP) is 2.12. The maximum Gasteiger partial charge on any atom is 0.360 e. The molecule has 1 N–H and O–H groups in total. The van der Waals surface area contributed by atoms with Gasteiger partial charge in [0.15, 0.2) is 11.4 Å². The Morgan fingerprint density at radius 3 is 2.73 bits per heavy atom. The third-order valence-corrected chi connectivity index (χ3v) is 2.16. The number of hydrogen-bond acceptors (Lipinski definition) is 4. The van der Waals surface area contributed by atoms with Gasteiger partial charge in [0, 0.05) is 0 Å². The largest absolute Gasteiger partial charge is 0.505 e. The fourth-order valence-electron chi connectivity index (χ4n) is 0.931. The molecule has 0 saturated heterocycles. The number of halogens is 3. The van der Waals surface area contributed by atoms with Gasteiger partial charge in [0.25, 0.3) is 6.43 Å². The molecular formula is C8H6F2INO3. The number of aromatic hydroxyl groups is 1. The van der Waals surface area contributed by atoms with Crippen LogP contribution >= 0.6 is 22.6 Å². The second-order valence-electron chi connectivity index (χ2n) is 2.52. The number of carbonyl (C=O) groups excluding carboxylic acids is 1. The first-order valence-electron chi connectivity index (χ1n) is 3.73. The van der Waals surface area contributed by atoms with Crippen molar-refractivity contribution in [2.75, 3.05) is 7.11 Å². The molecule has 82 valence electrons. The van der Waals surface area contributed by atoms with E-state index in [-0.39, 0.29) is 3.70 Å². The van der Waals surface area contributed by atoms with Crippen LogP contribution < -0.4 is 0 Å². The van der Waals surface area contributed by atoms with Crippen molar-refractivity contribution in [3.8, 4) is 5.75 Å². The number of rotatable bonds is 2. The van der Waals surface area contributed by atoms with Gasteiger partial charge in [-0.1, -0.05) is 0 Å². The van der Waals surface area contributed by atoms with E-state index in [4.69, 9.17) is 0 Å². The Hall–Kier alpha value is -0.990. The fraction of sp³-hybridized carbons (Fsp3) is 0.250. The number of hydrogen-bond donors (Lipinski definition) is 1. The van der Waals surface area contributed by atoms with Gasteiger partial charge in [-0.3, -0.25) is 0 Å². The number of carbonyl (C=O) groups is 1. The molecule has 7 heteroatoms. The summed E-state index contributed by atoms with van der Waals surface area (Å²) in [6.45, 7) is 0. The Morgan fingerprint density at radius 1 is 1.67 bits per heavy atom. The van der Waals surface area contributed by atoms with Crippen LogP contribution in [0.2, 0.25) is 0 Å². The monoisotopic (exact) mass is 329 g/mol. The van der Waals surface area contributed by atoms with Crippen LogP contribution in [-0.2, 0) is 4.74 Å². The minimum atomic E-state index is -2.87. The SMILES string of the molecule is COC(=O)c1nc(I)cc(C(F)F)c1O. The minimum Gasteiger partial charge on any atom is -0.505 e. The molecule has 0 radical (unpaired) electrons. The van der Waals surface area contributed by atoms with E-state index in [1.165, 1.54) is 0 Å². The molecule has 4 nitrogen and oxygen atoms in total. The van der Waals surface area contributed by atoms with E-state index in [2.05, 4.69) is 9.72 Å². The summed E-state index contributed by atoms with van der Waals surface area (Å²) >= 11 is 1.67. The molecule has 1 heterocycles. The number of methoxy groups -OCH3 is 1. The molecule has 0 aliphatic carbocycles. The standard InChI is InChI=1S/C8H6F2INO3/c1-15-8(14)5-6(13)3(7(9)10)2-4(11)12-5/h2,7,13H,1H3. The van der Waals surface area contributed by atoms with E-state index < -0.39 is 29.4 Å². The van der Waals surface area contributed by atoms with Gasteiger partial charge >= 0.3 is 5.97 Å². The average molecular weight is 329 g/mol. The van der Waals surface area contributed by atoms with E-state index in [0.29, 0.717) is 0 Å². The molecule has 0 bridgehead atoms. The summed E-state index contributed by atoms with van der Waals surface area (Å²) in [7, 11) is 1.07. The third-order valence-electron chi connectivity index (χ3n) is 1.60. The zero-order chi connectivity index (χ0) is 11.6. The van der Waals surface area contributed by atoms with E-state index in [1.54, 1.807) is 22.6 Å². The lowest BCUT2D eigenvalue weighted by Gasteiger charge is -2.07. The van der Waals surface area contributed by atoms with E-state index in [9.17, 15) is 18.7 Å². The van der Waals surface area contributed by atoms with Gasteiger partial charge in [-0.25, -0.2) is 18.6 Å². The normalized spacial score (nSPS) is 10.5. The summed E-state index contributed by atoms with van der Waals surface area (Å²) in [5.74, 6) is -1.79. The van der Waals surface area contributed by atoms with E-state index in [0.717, 1.165) is 13.2 Å². The molecule has 1 rings (SSSR count). The molecule has 1 aromatic heterocycles. The molecule has 0 aliphatic heterocycles. The second-order valence-corrected chi connectivity index (χ2v) is 3.63. The maximum absolute atomic E-state index is 12.4. The van der Waals surface area contributed by atoms with Crippen LogP contribution in [0.1, 0.15) is 22.5 Å². The fourth-order valence-corrected chi connectivity index (χ4v) is 1.51. The highest BCUT2D eigenvalue weighted by molar-refractivity contribution is 14.1. The smallest absolute Gasteiger partial charge is 0.360 e. The summed E-state index contributed by atoms with van der Waals surface area (Å²) in [5, 5.41) is 9.34. The number of nitrogens with zero attached hydrogens (tertiary/aromatic N) is 1. The lowest BCUT2D eigenvalue weighted by Crippen LogP contribution is -2.07. The molecule has 0 spiro atoms. The van der Waals surface area contributed by atoms with Crippen LogP contribution in [-0.4, -0.2) is 23.2 Å². The van der Waals surface area contributed by atoms with Gasteiger partial charge < -0.3 is 9.84 Å². The van der Waals surface area contributed by atoms with Gasteiger partial charge in [0.05, 0.1) is 12.7 Å². The van der Waals surface area contributed by atoms with Crippen molar-refractivity contribution in [2.45, 2.75) is 6.43 Å². The summed E-state index contributed by atoms with van der Waals surface area (Å²) < 4.78 is 29.3. The molecule has 1 aromatic rings. The highest BCUT2D eigenvalue weighted by Gasteiger charge is 2.22. The zero-order valence-corrected chi connectivity index (χ0v) is 9.66. The van der Waals surface area contributed by atoms with Gasteiger partial charge in [-0.05, 0) is 28.7 Å². The van der Waals surface area contributed by atoms with Crippen molar-refractivity contribution >= 4 is 28.6 Å². The average Bonchev–Trinajstić information content (AvgIpc) is 2.19. The summed E-state index contributed by atoms with van der Waals surface area (Å²) in [5.41, 5.74) is -1.13. The van der Waals surface area contributed by atoms with Crippen molar-refractivity contribution in [1.82, 2.24) is 4.98 Å². The van der Waals surface area contributed by atoms with E-state index >= 15 is 0 Å². The van der Waals surface area contributed by atoms with Crippen molar-refractivity contribution in [3.05, 3.63) is 21.0 Å². The molecule has 0 aromatic carbocycles. The number of esters is 1. The van der Waals surface area contributed by atoms with Crippen molar-refractivity contribution < 1.29 is 23.4 Å². The van der Waals surface area contributed by atoms with Crippen LogP contribution in [0.4, 0.5) is 8.78 Å². The van der Waals surface area contributed by atoms with Crippen molar-refractivity contribution in [2.24, 2.45) is 0 Å². The molecule has 15 heavy (non-hydrogen) atoms. The first-order valence-corrected chi connectivity index (χ1v) is 4.81. The number of ether oxygens (including phenoxy) is 1. The summed E-state index contributed by atoms with van der Waals surface area (Å²) in [4.78, 5) is 14.7. The number of aromatic nitrogens is 1. The Kier molecular flexibility index (Phi) is 3.77. The van der Waals surface area contributed by atoms with Crippen LogP contribution in [0.3, 0.4) is 0 Å². The topological polar surface area (TPSA) is 59.4 Å². The van der Waals surface area contributed by atoms with Gasteiger partial charge in [0.2, 0.25) is 0 Å². The molecular weight excluding hydrogens is 323 g/mol. The maximum atomic E-state index is 12.4. The van der Waals surface area contributed by atoms with Gasteiger partial charge in [-0.15, -0.1) is 0 Å². The first kappa shape index (κ1) is 12.1. The van der Waals surface area contributed by atoms with Gasteiger partial charge in [0.1, 0.15) is 3.70 Å². The quantitative estimate of drug-likeness (QED) is 0.513. The number of alkyl halides is 2. The Labute approximate surface area is 97.4 Å². The Balaban J connectivity index is 3.34. The van der Waals surface area contributed by atoms with Crippen molar-refractivity contribution in [3.63, 3.8) is 0 Å². The number of pyridine rings is 1. The third kappa shape index (κ3) is 2.52. The van der Waals surface area contributed by atoms with Crippen LogP contribution in [0.15, 0.2) is 6.07 Å². The highest BCUT2D eigenvalue weighted by Crippen LogP contribution is 2.31. The lowest BCUT2D eigenvalue weighted by molar-refractivity contribution is 0.0589. The van der Waals surface area contributed by atoms with Crippen LogP contribution in [0.25, 0.3) is 0 Å². The van der Waals surface area contributed by atoms with Gasteiger partial charge in [-0.2, -0.15) is 0 Å². The molecule has 0 saturated carbocycles. The lowest BCUT2D eigenvalue weighted by atomic mass is 10.2. The van der Waals surface area contributed by atoms with Crippen LogP contribution in [0.5, 0.6) is 5.75 Å². The first-order chi connectivity index (χ1) is 6.97. The Bertz CT molecular complexity index is 398. The zero-order valence-electron chi connectivity index (χ0n) is 7.50. The molecule has 0 unspecified atom stereocenters.